The lowest BCUT2D eigenvalue weighted by Gasteiger charge is -2.04. The van der Waals surface area contributed by atoms with E-state index in [1.54, 1.807) is 30.3 Å². The molecule has 2 amide bonds. The third-order valence-electron chi connectivity index (χ3n) is 3.95. The van der Waals surface area contributed by atoms with Crippen LogP contribution in [0.2, 0.25) is 0 Å². The van der Waals surface area contributed by atoms with Crippen LogP contribution in [0.25, 0.3) is 6.08 Å². The van der Waals surface area contributed by atoms with Gasteiger partial charge in [-0.2, -0.15) is 0 Å². The normalized spacial score (nSPS) is 10.9. The van der Waals surface area contributed by atoms with Crippen molar-refractivity contribution in [2.45, 2.75) is 13.5 Å². The van der Waals surface area contributed by atoms with Crippen molar-refractivity contribution >= 4 is 29.4 Å². The van der Waals surface area contributed by atoms with Gasteiger partial charge >= 0.3 is 0 Å². The Bertz CT molecular complexity index is 1080. The van der Waals surface area contributed by atoms with Gasteiger partial charge in [0.15, 0.2) is 23.3 Å². The van der Waals surface area contributed by atoms with E-state index in [9.17, 15) is 22.8 Å². The molecule has 30 heavy (non-hydrogen) atoms. The van der Waals surface area contributed by atoms with Crippen LogP contribution in [-0.2, 0) is 16.1 Å². The number of rotatable bonds is 6. The minimum absolute atomic E-state index is 0.0491. The number of hydrogen-bond acceptors (Lipinski definition) is 3. The molecular formula is C21H17F3N4O2. The zero-order chi connectivity index (χ0) is 21.7. The maximum atomic E-state index is 13.3. The summed E-state index contributed by atoms with van der Waals surface area (Å²) in [6, 6.07) is 8.70. The molecule has 0 saturated carbocycles. The number of hydrogen-bond donors (Lipinski definition) is 2. The van der Waals surface area contributed by atoms with Crippen molar-refractivity contribution in [1.29, 1.82) is 0 Å². The topological polar surface area (TPSA) is 76.0 Å². The molecule has 0 spiro atoms. The molecule has 154 valence electrons. The van der Waals surface area contributed by atoms with Gasteiger partial charge in [0.25, 0.3) is 0 Å². The van der Waals surface area contributed by atoms with Gasteiger partial charge in [-0.3, -0.25) is 9.59 Å². The van der Waals surface area contributed by atoms with Gasteiger partial charge in [-0.15, -0.1) is 0 Å². The molecule has 0 aliphatic rings. The number of carbonyl (C=O) groups is 2. The fourth-order valence-electron chi connectivity index (χ4n) is 2.64. The second-order valence-electron chi connectivity index (χ2n) is 6.43. The number of amides is 2. The van der Waals surface area contributed by atoms with Gasteiger partial charge in [0.05, 0.1) is 6.33 Å². The molecule has 0 aliphatic carbocycles. The second kappa shape index (κ2) is 9.08. The van der Waals surface area contributed by atoms with Gasteiger partial charge in [0.1, 0.15) is 0 Å². The molecule has 0 unspecified atom stereocenters. The Morgan fingerprint density at radius 3 is 2.37 bits per heavy atom. The minimum atomic E-state index is -1.52. The van der Waals surface area contributed by atoms with E-state index in [0.29, 0.717) is 5.69 Å². The molecule has 0 fully saturated rings. The lowest BCUT2D eigenvalue weighted by Crippen LogP contribution is -2.08. The zero-order valence-corrected chi connectivity index (χ0v) is 15.8. The van der Waals surface area contributed by atoms with Gasteiger partial charge in [0.2, 0.25) is 11.8 Å². The number of aromatic nitrogens is 2. The second-order valence-corrected chi connectivity index (χ2v) is 6.43. The van der Waals surface area contributed by atoms with E-state index in [0.717, 1.165) is 17.7 Å². The van der Waals surface area contributed by atoms with Crippen molar-refractivity contribution in [2.75, 3.05) is 10.6 Å². The van der Waals surface area contributed by atoms with Crippen LogP contribution in [0.4, 0.5) is 24.7 Å². The van der Waals surface area contributed by atoms with Crippen LogP contribution in [0.15, 0.2) is 55.0 Å². The zero-order valence-electron chi connectivity index (χ0n) is 15.8. The van der Waals surface area contributed by atoms with Crippen molar-refractivity contribution in [3.8, 4) is 0 Å². The minimum Gasteiger partial charge on any atom is -0.331 e. The average Bonchev–Trinajstić information content (AvgIpc) is 3.11. The Kier molecular flexibility index (Phi) is 6.31. The molecule has 1 aromatic heterocycles. The average molecular weight is 414 g/mol. The van der Waals surface area contributed by atoms with Gasteiger partial charge in [0, 0.05) is 31.4 Å². The summed E-state index contributed by atoms with van der Waals surface area (Å²) in [5.41, 5.74) is 1.62. The smallest absolute Gasteiger partial charge is 0.249 e. The predicted molar refractivity (Wildman–Crippen MR) is 106 cm³/mol. The first-order valence-corrected chi connectivity index (χ1v) is 8.82. The van der Waals surface area contributed by atoms with Crippen LogP contribution in [0.3, 0.4) is 0 Å². The predicted octanol–water partition coefficient (Wildman–Crippen LogP) is 3.96. The van der Waals surface area contributed by atoms with E-state index >= 15 is 0 Å². The summed E-state index contributed by atoms with van der Waals surface area (Å²) in [7, 11) is 0. The summed E-state index contributed by atoms with van der Waals surface area (Å²) >= 11 is 0. The van der Waals surface area contributed by atoms with Crippen molar-refractivity contribution in [1.82, 2.24) is 9.55 Å². The molecule has 1 heterocycles. The first-order valence-electron chi connectivity index (χ1n) is 8.82. The van der Waals surface area contributed by atoms with Crippen LogP contribution < -0.4 is 10.6 Å². The molecule has 0 aliphatic heterocycles. The van der Waals surface area contributed by atoms with Crippen LogP contribution in [-0.4, -0.2) is 21.4 Å². The number of halogens is 3. The third kappa shape index (κ3) is 5.57. The summed E-state index contributed by atoms with van der Waals surface area (Å²) in [5.74, 6) is -4.41. The van der Waals surface area contributed by atoms with Crippen molar-refractivity contribution < 1.29 is 22.8 Å². The standard InChI is InChI=1S/C21H17F3N4O2/c1-13(29)26-16-5-2-14(3-6-16)4-7-20(30)27-19-11-28(12-25-19)10-15-8-17(22)21(24)18(23)9-15/h2-9,11-12H,10H2,1H3,(H,26,29)(H,27,30)/b7-4+. The highest BCUT2D eigenvalue weighted by Crippen LogP contribution is 2.15. The van der Waals surface area contributed by atoms with Crippen molar-refractivity contribution in [3.63, 3.8) is 0 Å². The molecule has 0 saturated heterocycles. The monoisotopic (exact) mass is 414 g/mol. The Balaban J connectivity index is 1.58. The molecule has 3 rings (SSSR count). The molecule has 0 atom stereocenters. The fourth-order valence-corrected chi connectivity index (χ4v) is 2.64. The number of nitrogens with one attached hydrogen (secondary N) is 2. The van der Waals surface area contributed by atoms with Crippen LogP contribution in [0.1, 0.15) is 18.1 Å². The Morgan fingerprint density at radius 2 is 1.73 bits per heavy atom. The Morgan fingerprint density at radius 1 is 1.07 bits per heavy atom. The van der Waals surface area contributed by atoms with Gasteiger partial charge in [-0.25, -0.2) is 18.2 Å². The van der Waals surface area contributed by atoms with Gasteiger partial charge in [-0.1, -0.05) is 12.1 Å². The largest absolute Gasteiger partial charge is 0.331 e. The lowest BCUT2D eigenvalue weighted by atomic mass is 10.2. The van der Waals surface area contributed by atoms with Crippen LogP contribution >= 0.6 is 0 Å². The van der Waals surface area contributed by atoms with E-state index in [1.807, 2.05) is 0 Å². The third-order valence-corrected chi connectivity index (χ3v) is 3.95. The quantitative estimate of drug-likeness (QED) is 0.474. The summed E-state index contributed by atoms with van der Waals surface area (Å²) in [6.07, 6.45) is 5.76. The highest BCUT2D eigenvalue weighted by Gasteiger charge is 2.11. The summed E-state index contributed by atoms with van der Waals surface area (Å²) in [6.45, 7) is 1.46. The molecule has 2 N–H and O–H groups in total. The van der Waals surface area contributed by atoms with Gasteiger partial charge in [-0.05, 0) is 41.5 Å². The molecule has 0 radical (unpaired) electrons. The summed E-state index contributed by atoms with van der Waals surface area (Å²) in [5, 5.41) is 5.21. The Labute approximate surface area is 170 Å². The highest BCUT2D eigenvalue weighted by molar-refractivity contribution is 6.01. The molecule has 0 bridgehead atoms. The number of benzene rings is 2. The van der Waals surface area contributed by atoms with Crippen molar-refractivity contribution in [2.24, 2.45) is 0 Å². The first-order chi connectivity index (χ1) is 14.3. The van der Waals surface area contributed by atoms with Crippen molar-refractivity contribution in [3.05, 3.63) is 83.6 Å². The molecule has 3 aromatic rings. The van der Waals surface area contributed by atoms with E-state index < -0.39 is 23.4 Å². The fraction of sp³-hybridized carbons (Fsp3) is 0.0952. The first kappa shape index (κ1) is 20.8. The molecule has 6 nitrogen and oxygen atoms in total. The number of carbonyl (C=O) groups excluding carboxylic acids is 2. The van der Waals surface area contributed by atoms with E-state index in [2.05, 4.69) is 15.6 Å². The Hall–Kier alpha value is -3.88. The maximum Gasteiger partial charge on any atom is 0.249 e. The number of imidazole rings is 1. The van der Waals surface area contributed by atoms with E-state index in [1.165, 1.54) is 30.1 Å². The number of anilines is 2. The lowest BCUT2D eigenvalue weighted by molar-refractivity contribution is -0.114. The van der Waals surface area contributed by atoms with Crippen LogP contribution in [0.5, 0.6) is 0 Å². The SMILES string of the molecule is CC(=O)Nc1ccc(/C=C/C(=O)Nc2cn(Cc3cc(F)c(F)c(F)c3)cn2)cc1. The summed E-state index contributed by atoms with van der Waals surface area (Å²) < 4.78 is 41.1. The van der Waals surface area contributed by atoms with Gasteiger partial charge < -0.3 is 15.2 Å². The highest BCUT2D eigenvalue weighted by atomic mass is 19.2. The molecule has 9 heteroatoms. The summed E-state index contributed by atoms with van der Waals surface area (Å²) in [4.78, 5) is 27.1. The number of nitrogens with zero attached hydrogens (tertiary/aromatic N) is 2. The molecule has 2 aromatic carbocycles. The molecular weight excluding hydrogens is 397 g/mol. The van der Waals surface area contributed by atoms with E-state index in [-0.39, 0.29) is 23.8 Å². The maximum absolute atomic E-state index is 13.3. The van der Waals surface area contributed by atoms with E-state index in [4.69, 9.17) is 0 Å². The van der Waals surface area contributed by atoms with Crippen LogP contribution in [0, 0.1) is 17.5 Å².